The summed E-state index contributed by atoms with van der Waals surface area (Å²) in [5.41, 5.74) is 11.8. The molecule has 0 aliphatic carbocycles. The number of imidazole rings is 2. The summed E-state index contributed by atoms with van der Waals surface area (Å²) in [6.45, 7) is -0.756. The summed E-state index contributed by atoms with van der Waals surface area (Å²) in [5.74, 6) is -0.166. The Morgan fingerprint density at radius 1 is 0.952 bits per heavy atom. The average molecular weight is 614 g/mol. The number of aliphatic hydroxyl groups excluding tert-OH is 3. The van der Waals surface area contributed by atoms with E-state index in [2.05, 4.69) is 29.9 Å². The van der Waals surface area contributed by atoms with Crippen LogP contribution in [-0.2, 0) is 27.8 Å². The zero-order valence-electron chi connectivity index (χ0n) is 21.4. The van der Waals surface area contributed by atoms with Crippen LogP contribution >= 0.6 is 7.82 Å². The molecule has 0 bridgehead atoms. The van der Waals surface area contributed by atoms with Gasteiger partial charge >= 0.3 is 13.9 Å². The highest BCUT2D eigenvalue weighted by molar-refractivity contribution is 7.47. The molecule has 2 fully saturated rings. The average Bonchev–Trinajstić information content (AvgIpc) is 3.69. The number of phosphoric acid groups is 1. The summed E-state index contributed by atoms with van der Waals surface area (Å²) in [4.78, 5) is 33.4. The van der Waals surface area contributed by atoms with Crippen LogP contribution in [-0.4, -0.2) is 110 Å². The van der Waals surface area contributed by atoms with Gasteiger partial charge in [0.1, 0.15) is 36.3 Å². The minimum atomic E-state index is -4.99. The van der Waals surface area contributed by atoms with Gasteiger partial charge in [-0.25, -0.2) is 24.5 Å². The number of hydrogen-bond acceptors (Lipinski definition) is 17. The number of nitrogens with zero attached hydrogens (tertiary/aromatic N) is 8. The van der Waals surface area contributed by atoms with E-state index in [0.717, 1.165) is 10.9 Å². The fourth-order valence-electron chi connectivity index (χ4n) is 4.75. The van der Waals surface area contributed by atoms with E-state index >= 15 is 0 Å². The predicted molar refractivity (Wildman–Crippen MR) is 133 cm³/mol. The highest BCUT2D eigenvalue weighted by Gasteiger charge is 2.51. The van der Waals surface area contributed by atoms with Crippen molar-refractivity contribution in [2.45, 2.75) is 49.3 Å². The molecule has 4 aromatic heterocycles. The molecule has 2 aliphatic heterocycles. The number of phosphoric ester groups is 1. The summed E-state index contributed by atoms with van der Waals surface area (Å²) in [6.07, 6.45) is -9.18. The molecule has 0 aromatic carbocycles. The molecule has 9 atom stereocenters. The molecule has 42 heavy (non-hydrogen) atoms. The van der Waals surface area contributed by atoms with Crippen LogP contribution in [0.2, 0.25) is 0 Å². The van der Waals surface area contributed by atoms with Gasteiger partial charge in [-0.1, -0.05) is 0 Å². The molecule has 0 spiro atoms. The second-order valence-corrected chi connectivity index (χ2v) is 10.7. The summed E-state index contributed by atoms with van der Waals surface area (Å²) in [6, 6.07) is 0. The largest absolute Gasteiger partial charge is 0.472 e. The van der Waals surface area contributed by atoms with Gasteiger partial charge in [-0.3, -0.25) is 18.2 Å². The molecule has 22 heteroatoms. The Morgan fingerprint density at radius 2 is 1.62 bits per heavy atom. The first-order valence-electron chi connectivity index (χ1n) is 12.1. The number of halogens is 1. The van der Waals surface area contributed by atoms with Crippen LogP contribution in [0, 0.1) is 6.08 Å². The van der Waals surface area contributed by atoms with E-state index in [4.69, 9.17) is 34.7 Å². The lowest BCUT2D eigenvalue weighted by Crippen LogP contribution is -2.36. The van der Waals surface area contributed by atoms with Crippen molar-refractivity contribution in [3.05, 3.63) is 25.1 Å². The van der Waals surface area contributed by atoms with Crippen molar-refractivity contribution in [2.24, 2.45) is 0 Å². The van der Waals surface area contributed by atoms with Crippen molar-refractivity contribution < 1.29 is 52.4 Å². The number of ether oxygens (including phenoxy) is 3. The maximum Gasteiger partial charge on any atom is 0.472 e. The monoisotopic (exact) mass is 614 g/mol. The van der Waals surface area contributed by atoms with Gasteiger partial charge in [0.05, 0.1) is 19.3 Å². The molecule has 226 valence electrons. The Hall–Kier alpha value is -3.50. The van der Waals surface area contributed by atoms with Crippen molar-refractivity contribution in [3.8, 4) is 0 Å². The van der Waals surface area contributed by atoms with Crippen molar-refractivity contribution in [1.29, 1.82) is 0 Å². The molecule has 4 aromatic rings. The first-order chi connectivity index (χ1) is 20.0. The predicted octanol–water partition coefficient (Wildman–Crippen LogP) is -2.05. The van der Waals surface area contributed by atoms with Crippen LogP contribution in [0.4, 0.5) is 16.0 Å². The molecule has 6 heterocycles. The van der Waals surface area contributed by atoms with E-state index in [1.54, 1.807) is 0 Å². The number of methoxy groups -OCH3 is 1. The highest BCUT2D eigenvalue weighted by atomic mass is 31.2. The smallest absolute Gasteiger partial charge is 0.387 e. The minimum Gasteiger partial charge on any atom is -0.387 e. The van der Waals surface area contributed by atoms with E-state index in [0.29, 0.717) is 0 Å². The Kier molecular flexibility index (Phi) is 7.25. The molecular formula is C20H24FN10O10P. The van der Waals surface area contributed by atoms with Crippen LogP contribution < -0.4 is 11.5 Å². The minimum absolute atomic E-state index is 0.0256. The number of aliphatic hydroxyl groups is 3. The van der Waals surface area contributed by atoms with E-state index in [1.807, 2.05) is 0 Å². The Morgan fingerprint density at radius 3 is 2.33 bits per heavy atom. The van der Waals surface area contributed by atoms with Gasteiger partial charge in [0.15, 0.2) is 53.3 Å². The number of fused-ring (bicyclic) bond motifs is 2. The number of nitrogens with two attached hydrogens (primary N) is 2. The van der Waals surface area contributed by atoms with Crippen LogP contribution in [0.25, 0.3) is 22.3 Å². The maximum atomic E-state index is 13.7. The zero-order valence-corrected chi connectivity index (χ0v) is 22.2. The van der Waals surface area contributed by atoms with Gasteiger partial charge in [0.25, 0.3) is 0 Å². The van der Waals surface area contributed by atoms with Crippen LogP contribution in [0.3, 0.4) is 0 Å². The summed E-state index contributed by atoms with van der Waals surface area (Å²) >= 11 is 0. The van der Waals surface area contributed by atoms with Crippen molar-refractivity contribution in [2.75, 3.05) is 25.2 Å². The second kappa shape index (κ2) is 10.6. The van der Waals surface area contributed by atoms with Crippen molar-refractivity contribution >= 4 is 41.8 Å². The normalized spacial score (nSPS) is 31.3. The van der Waals surface area contributed by atoms with Gasteiger partial charge < -0.3 is 45.9 Å². The molecule has 2 saturated heterocycles. The molecule has 0 amide bonds. The number of anilines is 2. The lowest BCUT2D eigenvalue weighted by Gasteiger charge is -2.23. The van der Waals surface area contributed by atoms with Crippen LogP contribution in [0.15, 0.2) is 19.0 Å². The van der Waals surface area contributed by atoms with Gasteiger partial charge in [-0.15, -0.1) is 0 Å². The SMILES string of the molecule is CO[C@H]1O[C@@H](n2cnc3c(N)ncnc32)[C@@H](O)[C@H]1OP(=O)(O)OC[C@H]1O[C@@H](n2cnc3c(N)nc(F)nc32)C(O)[C@H]1O. The Balaban J connectivity index is 1.14. The van der Waals surface area contributed by atoms with E-state index in [9.17, 15) is 29.2 Å². The highest BCUT2D eigenvalue weighted by Crippen LogP contribution is 2.49. The quantitative estimate of drug-likeness (QED) is 0.0919. The fourth-order valence-corrected chi connectivity index (χ4v) is 5.68. The standard InChI is InChI=1S/C20H24FN10O10P/c1-37-19-12(11(34)18(40-19)30-4-26-7-13(22)24-3-25-15(7)30)41-42(35,36)38-2-6-9(32)10(33)17(39-6)31-5-27-8-14(23)28-20(21)29-16(8)31/h3-6,9-12,17-19,32-34H,2H2,1H3,(H,35,36)(H2,22,24,25)(H2,23,28,29)/t6-,9+,10?,11+,12-,17-,18-,19+/m1/s1. The zero-order chi connectivity index (χ0) is 29.9. The lowest BCUT2D eigenvalue weighted by molar-refractivity contribution is -0.159. The number of aromatic nitrogens is 8. The van der Waals surface area contributed by atoms with Crippen LogP contribution in [0.5, 0.6) is 0 Å². The summed E-state index contributed by atoms with van der Waals surface area (Å²) in [7, 11) is -3.77. The molecule has 2 unspecified atom stereocenters. The van der Waals surface area contributed by atoms with Gasteiger partial charge in [-0.05, 0) is 0 Å². The summed E-state index contributed by atoms with van der Waals surface area (Å²) < 4.78 is 55.8. The molecule has 0 saturated carbocycles. The molecule has 6 rings (SSSR count). The van der Waals surface area contributed by atoms with Crippen LogP contribution in [0.1, 0.15) is 12.5 Å². The van der Waals surface area contributed by atoms with Gasteiger partial charge in [0.2, 0.25) is 0 Å². The van der Waals surface area contributed by atoms with Gasteiger partial charge in [-0.2, -0.15) is 14.4 Å². The van der Waals surface area contributed by atoms with Gasteiger partial charge in [0, 0.05) is 7.11 Å². The third-order valence-electron chi connectivity index (χ3n) is 6.75. The van der Waals surface area contributed by atoms with Crippen molar-refractivity contribution in [1.82, 2.24) is 39.0 Å². The third-order valence-corrected chi connectivity index (χ3v) is 7.74. The molecular weight excluding hydrogens is 590 g/mol. The fraction of sp³-hybridized carbons (Fsp3) is 0.500. The topological polar surface area (TPSA) is 283 Å². The number of hydrogen-bond donors (Lipinski definition) is 6. The van der Waals surface area contributed by atoms with E-state index in [1.165, 1.54) is 24.3 Å². The maximum absolute atomic E-state index is 13.7. The van der Waals surface area contributed by atoms with Crippen molar-refractivity contribution in [3.63, 3.8) is 0 Å². The van der Waals surface area contributed by atoms with E-state index in [-0.39, 0.29) is 34.0 Å². The molecule has 20 nitrogen and oxygen atoms in total. The second-order valence-electron chi connectivity index (χ2n) is 9.29. The Bertz CT molecular complexity index is 1680. The molecule has 0 radical (unpaired) electrons. The number of nitrogen functional groups attached to an aromatic ring is 2. The first kappa shape index (κ1) is 28.6. The molecule has 8 N–H and O–H groups in total. The first-order valence-corrected chi connectivity index (χ1v) is 13.6. The lowest BCUT2D eigenvalue weighted by atomic mass is 10.1. The summed E-state index contributed by atoms with van der Waals surface area (Å²) in [5, 5.41) is 32.0. The Labute approximate surface area is 233 Å². The van der Waals surface area contributed by atoms with E-state index < -0.39 is 69.8 Å². The number of rotatable bonds is 8. The third kappa shape index (κ3) is 4.84. The molecule has 2 aliphatic rings.